The van der Waals surface area contributed by atoms with Crippen LogP contribution in [0.25, 0.3) is 0 Å². The zero-order valence-electron chi connectivity index (χ0n) is 12.6. The molecule has 4 nitrogen and oxygen atoms in total. The maximum Gasteiger partial charge on any atom is 0.343 e. The Morgan fingerprint density at radius 3 is 2.14 bits per heavy atom. The molecule has 0 aromatic heterocycles. The van der Waals surface area contributed by atoms with Gasteiger partial charge in [0, 0.05) is 0 Å². The maximum absolute atomic E-state index is 12.2. The summed E-state index contributed by atoms with van der Waals surface area (Å²) in [5.41, 5.74) is 2.45. The third-order valence-corrected chi connectivity index (χ3v) is 3.15. The molecule has 0 heterocycles. The Bertz CT molecular complexity index is 662. The molecule has 0 aliphatic carbocycles. The number of carbonyl (C=O) groups is 1. The summed E-state index contributed by atoms with van der Waals surface area (Å²) in [5, 5.41) is 0. The van der Waals surface area contributed by atoms with Gasteiger partial charge in [-0.15, -0.1) is 0 Å². The predicted molar refractivity (Wildman–Crippen MR) is 80.4 cm³/mol. The number of benzene rings is 2. The molecular weight excluding hydrogens is 268 g/mol. The van der Waals surface area contributed by atoms with Crippen LogP contribution >= 0.6 is 0 Å². The van der Waals surface area contributed by atoms with E-state index in [-0.39, 0.29) is 0 Å². The molecule has 4 heteroatoms. The van der Waals surface area contributed by atoms with Crippen molar-refractivity contribution in [1.82, 2.24) is 0 Å². The van der Waals surface area contributed by atoms with Gasteiger partial charge in [-0.3, -0.25) is 0 Å². The van der Waals surface area contributed by atoms with Gasteiger partial charge in [0.1, 0.15) is 5.75 Å². The van der Waals surface area contributed by atoms with Gasteiger partial charge >= 0.3 is 5.97 Å². The molecule has 0 fully saturated rings. The third kappa shape index (κ3) is 3.34. The normalized spacial score (nSPS) is 10.1. The van der Waals surface area contributed by atoms with Crippen molar-refractivity contribution in [3.8, 4) is 17.2 Å². The lowest BCUT2D eigenvalue weighted by Gasteiger charge is -2.11. The Morgan fingerprint density at radius 2 is 1.52 bits per heavy atom. The van der Waals surface area contributed by atoms with Crippen LogP contribution in [0.1, 0.15) is 21.5 Å². The third-order valence-electron chi connectivity index (χ3n) is 3.15. The summed E-state index contributed by atoms with van der Waals surface area (Å²) < 4.78 is 15.8. The minimum Gasteiger partial charge on any atom is -0.493 e. The minimum absolute atomic E-state index is 0.410. The van der Waals surface area contributed by atoms with E-state index in [9.17, 15) is 4.79 Å². The largest absolute Gasteiger partial charge is 0.493 e. The predicted octanol–water partition coefficient (Wildman–Crippen LogP) is 3.54. The molecule has 0 N–H and O–H groups in total. The van der Waals surface area contributed by atoms with Gasteiger partial charge in [0.15, 0.2) is 11.5 Å². The standard InChI is InChI=1S/C17H18O4/c1-11-5-7-14(12(2)9-11)21-17(18)13-6-8-15(19-3)16(10-13)20-4/h5-10H,1-4H3. The number of esters is 1. The number of hydrogen-bond donors (Lipinski definition) is 0. The van der Waals surface area contributed by atoms with Crippen LogP contribution in [0.15, 0.2) is 36.4 Å². The highest BCUT2D eigenvalue weighted by atomic mass is 16.5. The van der Waals surface area contributed by atoms with Gasteiger partial charge in [0.05, 0.1) is 19.8 Å². The topological polar surface area (TPSA) is 44.8 Å². The zero-order chi connectivity index (χ0) is 15.4. The van der Waals surface area contributed by atoms with Crippen LogP contribution in [0.3, 0.4) is 0 Å². The van der Waals surface area contributed by atoms with Crippen molar-refractivity contribution >= 4 is 5.97 Å². The highest BCUT2D eigenvalue weighted by Gasteiger charge is 2.13. The zero-order valence-corrected chi connectivity index (χ0v) is 12.6. The number of carbonyl (C=O) groups excluding carboxylic acids is 1. The molecular formula is C17H18O4. The molecule has 0 atom stereocenters. The van der Waals surface area contributed by atoms with E-state index in [1.165, 1.54) is 7.11 Å². The van der Waals surface area contributed by atoms with Crippen LogP contribution in [0, 0.1) is 13.8 Å². The molecule has 2 aromatic carbocycles. The summed E-state index contributed by atoms with van der Waals surface area (Å²) in [4.78, 5) is 12.2. The Hall–Kier alpha value is -2.49. The first-order chi connectivity index (χ1) is 10.0. The molecule has 0 aliphatic rings. The van der Waals surface area contributed by atoms with Crippen LogP contribution in [0.4, 0.5) is 0 Å². The lowest BCUT2D eigenvalue weighted by molar-refractivity contribution is 0.0733. The fraction of sp³-hybridized carbons (Fsp3) is 0.235. The molecule has 0 bridgehead atoms. The highest BCUT2D eigenvalue weighted by Crippen LogP contribution is 2.28. The van der Waals surface area contributed by atoms with Gasteiger partial charge in [-0.05, 0) is 43.7 Å². The first-order valence-electron chi connectivity index (χ1n) is 6.56. The van der Waals surface area contributed by atoms with Gasteiger partial charge in [-0.25, -0.2) is 4.79 Å². The molecule has 21 heavy (non-hydrogen) atoms. The van der Waals surface area contributed by atoms with E-state index >= 15 is 0 Å². The molecule has 0 spiro atoms. The first kappa shape index (κ1) is 14.9. The van der Waals surface area contributed by atoms with E-state index in [1.807, 2.05) is 26.0 Å². The fourth-order valence-corrected chi connectivity index (χ4v) is 2.04. The maximum atomic E-state index is 12.2. The molecule has 0 saturated heterocycles. The van der Waals surface area contributed by atoms with Crippen LogP contribution in [0.2, 0.25) is 0 Å². The molecule has 2 aromatic rings. The molecule has 0 saturated carbocycles. The number of rotatable bonds is 4. The molecule has 110 valence electrons. The average molecular weight is 286 g/mol. The van der Waals surface area contributed by atoms with E-state index < -0.39 is 5.97 Å². The van der Waals surface area contributed by atoms with Crippen molar-refractivity contribution in [3.05, 3.63) is 53.1 Å². The smallest absolute Gasteiger partial charge is 0.343 e. The van der Waals surface area contributed by atoms with E-state index in [0.29, 0.717) is 22.8 Å². The van der Waals surface area contributed by atoms with Crippen molar-refractivity contribution in [2.75, 3.05) is 14.2 Å². The molecule has 0 aliphatic heterocycles. The summed E-state index contributed by atoms with van der Waals surface area (Å²) in [5.74, 6) is 1.19. The van der Waals surface area contributed by atoms with Crippen molar-refractivity contribution in [1.29, 1.82) is 0 Å². The summed E-state index contributed by atoms with van der Waals surface area (Å²) in [6, 6.07) is 10.6. The quantitative estimate of drug-likeness (QED) is 0.637. The second-order valence-electron chi connectivity index (χ2n) is 4.73. The van der Waals surface area contributed by atoms with Gasteiger partial charge in [-0.1, -0.05) is 17.7 Å². The number of hydrogen-bond acceptors (Lipinski definition) is 4. The first-order valence-corrected chi connectivity index (χ1v) is 6.56. The second kappa shape index (κ2) is 6.31. The molecule has 0 unspecified atom stereocenters. The Morgan fingerprint density at radius 1 is 0.857 bits per heavy atom. The van der Waals surface area contributed by atoms with Crippen molar-refractivity contribution in [2.24, 2.45) is 0 Å². The highest BCUT2D eigenvalue weighted by molar-refractivity contribution is 5.92. The van der Waals surface area contributed by atoms with Crippen molar-refractivity contribution < 1.29 is 19.0 Å². The Labute approximate surface area is 124 Å². The minimum atomic E-state index is -0.428. The van der Waals surface area contributed by atoms with E-state index in [0.717, 1.165) is 11.1 Å². The number of methoxy groups -OCH3 is 2. The molecule has 2 rings (SSSR count). The SMILES string of the molecule is COc1ccc(C(=O)Oc2ccc(C)cc2C)cc1OC. The van der Waals surface area contributed by atoms with Crippen molar-refractivity contribution in [2.45, 2.75) is 13.8 Å². The van der Waals surface area contributed by atoms with Crippen LogP contribution < -0.4 is 14.2 Å². The van der Waals surface area contributed by atoms with E-state index in [1.54, 1.807) is 31.4 Å². The summed E-state index contributed by atoms with van der Waals surface area (Å²) in [7, 11) is 3.07. The number of ether oxygens (including phenoxy) is 3. The lowest BCUT2D eigenvalue weighted by Crippen LogP contribution is -2.09. The Balaban J connectivity index is 2.24. The van der Waals surface area contributed by atoms with Crippen LogP contribution in [0.5, 0.6) is 17.2 Å². The lowest BCUT2D eigenvalue weighted by atomic mass is 10.1. The van der Waals surface area contributed by atoms with E-state index in [4.69, 9.17) is 14.2 Å². The number of aryl methyl sites for hydroxylation is 2. The monoisotopic (exact) mass is 286 g/mol. The average Bonchev–Trinajstić information content (AvgIpc) is 2.49. The van der Waals surface area contributed by atoms with Crippen LogP contribution in [-0.2, 0) is 0 Å². The van der Waals surface area contributed by atoms with Gasteiger partial charge in [0.25, 0.3) is 0 Å². The second-order valence-corrected chi connectivity index (χ2v) is 4.73. The van der Waals surface area contributed by atoms with Gasteiger partial charge < -0.3 is 14.2 Å². The summed E-state index contributed by atoms with van der Waals surface area (Å²) >= 11 is 0. The Kier molecular flexibility index (Phi) is 4.48. The van der Waals surface area contributed by atoms with E-state index in [2.05, 4.69) is 0 Å². The fourth-order valence-electron chi connectivity index (χ4n) is 2.04. The van der Waals surface area contributed by atoms with Crippen molar-refractivity contribution in [3.63, 3.8) is 0 Å². The summed E-state index contributed by atoms with van der Waals surface area (Å²) in [6.07, 6.45) is 0. The molecule has 0 amide bonds. The summed E-state index contributed by atoms with van der Waals surface area (Å²) in [6.45, 7) is 3.90. The van der Waals surface area contributed by atoms with Crippen LogP contribution in [-0.4, -0.2) is 20.2 Å². The molecule has 0 radical (unpaired) electrons. The van der Waals surface area contributed by atoms with Gasteiger partial charge in [-0.2, -0.15) is 0 Å². The van der Waals surface area contributed by atoms with Gasteiger partial charge in [0.2, 0.25) is 0 Å².